The molecular formula is C22H22N4O7S. The molecule has 1 saturated heterocycles. The number of fused-ring (bicyclic) bond motifs is 1. The molecule has 0 saturated carbocycles. The first-order valence-corrected chi connectivity index (χ1v) is 11.8. The molecule has 3 aromatic rings. The highest BCUT2D eigenvalue weighted by Crippen LogP contribution is 2.31. The van der Waals surface area contributed by atoms with E-state index in [1.165, 1.54) is 24.1 Å². The van der Waals surface area contributed by atoms with Crippen molar-refractivity contribution in [2.75, 3.05) is 33.3 Å². The van der Waals surface area contributed by atoms with Gasteiger partial charge in [-0.15, -0.1) is 0 Å². The summed E-state index contributed by atoms with van der Waals surface area (Å²) in [5.41, 5.74) is 1.18. The number of piperazine rings is 1. The summed E-state index contributed by atoms with van der Waals surface area (Å²) in [4.78, 5) is 40.6. The van der Waals surface area contributed by atoms with Crippen LogP contribution in [0.1, 0.15) is 16.1 Å². The lowest BCUT2D eigenvalue weighted by atomic mass is 10.1. The second-order valence-electron chi connectivity index (χ2n) is 7.79. The Hall–Kier alpha value is -3.77. The molecule has 1 amide bonds. The number of rotatable bonds is 6. The number of nitrogens with one attached hydrogen (secondary N) is 1. The number of hydrogen-bond acceptors (Lipinski definition) is 7. The van der Waals surface area contributed by atoms with Gasteiger partial charge in [-0.25, -0.2) is 8.42 Å². The zero-order valence-corrected chi connectivity index (χ0v) is 19.3. The highest BCUT2D eigenvalue weighted by molar-refractivity contribution is 7.89. The number of carbonyl (C=O) groups is 2. The van der Waals surface area contributed by atoms with Crippen LogP contribution in [0.3, 0.4) is 0 Å². The maximum Gasteiger partial charge on any atom is 0.312 e. The highest BCUT2D eigenvalue weighted by atomic mass is 32.2. The van der Waals surface area contributed by atoms with Gasteiger partial charge >= 0.3 is 5.69 Å². The molecule has 0 radical (unpaired) electrons. The maximum atomic E-state index is 13.0. The van der Waals surface area contributed by atoms with Crippen LogP contribution in [0.4, 0.5) is 5.69 Å². The molecule has 34 heavy (non-hydrogen) atoms. The molecule has 1 aromatic heterocycles. The average molecular weight is 487 g/mol. The number of aromatic nitrogens is 1. The van der Waals surface area contributed by atoms with Gasteiger partial charge in [-0.1, -0.05) is 18.2 Å². The van der Waals surface area contributed by atoms with E-state index < -0.39 is 32.3 Å². The Balaban J connectivity index is 1.50. The van der Waals surface area contributed by atoms with Crippen molar-refractivity contribution in [1.29, 1.82) is 0 Å². The molecule has 178 valence electrons. The van der Waals surface area contributed by atoms with Crippen LogP contribution in [0.15, 0.2) is 47.4 Å². The molecule has 4 rings (SSSR count). The van der Waals surface area contributed by atoms with Crippen LogP contribution in [0.2, 0.25) is 0 Å². The van der Waals surface area contributed by atoms with Crippen molar-refractivity contribution in [2.24, 2.45) is 0 Å². The van der Waals surface area contributed by atoms with E-state index in [0.717, 1.165) is 15.9 Å². The van der Waals surface area contributed by atoms with Gasteiger partial charge in [0.25, 0.3) is 11.7 Å². The van der Waals surface area contributed by atoms with Gasteiger partial charge in [0.1, 0.15) is 0 Å². The van der Waals surface area contributed by atoms with E-state index in [9.17, 15) is 28.1 Å². The summed E-state index contributed by atoms with van der Waals surface area (Å²) in [7, 11) is -2.79. The van der Waals surface area contributed by atoms with Crippen LogP contribution >= 0.6 is 0 Å². The molecule has 0 aliphatic carbocycles. The number of carbonyl (C=O) groups excluding carboxylic acids is 2. The van der Waals surface area contributed by atoms with E-state index in [0.29, 0.717) is 16.6 Å². The summed E-state index contributed by atoms with van der Waals surface area (Å²) in [6.07, 6.45) is 0. The van der Waals surface area contributed by atoms with E-state index in [1.54, 1.807) is 19.1 Å². The number of nitrogens with zero attached hydrogens (tertiary/aromatic N) is 3. The van der Waals surface area contributed by atoms with Crippen LogP contribution in [0, 0.1) is 17.0 Å². The monoisotopic (exact) mass is 486 g/mol. The Morgan fingerprint density at radius 1 is 1.09 bits per heavy atom. The van der Waals surface area contributed by atoms with Crippen LogP contribution in [0.25, 0.3) is 10.9 Å². The van der Waals surface area contributed by atoms with E-state index >= 15 is 0 Å². The van der Waals surface area contributed by atoms with Gasteiger partial charge in [-0.05, 0) is 25.1 Å². The van der Waals surface area contributed by atoms with Gasteiger partial charge < -0.3 is 14.6 Å². The van der Waals surface area contributed by atoms with Crippen LogP contribution in [0.5, 0.6) is 5.75 Å². The summed E-state index contributed by atoms with van der Waals surface area (Å²) in [5, 5.41) is 11.9. The molecule has 0 spiro atoms. The number of aromatic amines is 1. The zero-order valence-electron chi connectivity index (χ0n) is 18.5. The van der Waals surface area contributed by atoms with E-state index in [4.69, 9.17) is 4.74 Å². The van der Waals surface area contributed by atoms with Crippen LogP contribution < -0.4 is 4.74 Å². The lowest BCUT2D eigenvalue weighted by Gasteiger charge is -2.33. The van der Waals surface area contributed by atoms with E-state index in [1.807, 2.05) is 12.1 Å². The number of hydrogen-bond donors (Lipinski definition) is 1. The second kappa shape index (κ2) is 8.88. The normalized spacial score (nSPS) is 14.8. The van der Waals surface area contributed by atoms with Crippen molar-refractivity contribution in [3.63, 3.8) is 0 Å². The predicted molar refractivity (Wildman–Crippen MR) is 122 cm³/mol. The molecule has 1 fully saturated rings. The fraction of sp³-hybridized carbons (Fsp3) is 0.273. The third-order valence-electron chi connectivity index (χ3n) is 5.83. The number of aryl methyl sites for hydroxylation is 1. The lowest BCUT2D eigenvalue weighted by molar-refractivity contribution is -0.386. The fourth-order valence-electron chi connectivity index (χ4n) is 4.07. The van der Waals surface area contributed by atoms with Crippen molar-refractivity contribution in [3.05, 3.63) is 63.8 Å². The number of ketones is 1. The number of amides is 1. The minimum absolute atomic E-state index is 0.0173. The number of nitro benzene ring substituents is 1. The summed E-state index contributed by atoms with van der Waals surface area (Å²) >= 11 is 0. The van der Waals surface area contributed by atoms with Gasteiger partial charge in [0.15, 0.2) is 5.75 Å². The lowest BCUT2D eigenvalue weighted by Crippen LogP contribution is -2.52. The van der Waals surface area contributed by atoms with Crippen LogP contribution in [-0.4, -0.2) is 72.5 Å². The Morgan fingerprint density at radius 2 is 1.76 bits per heavy atom. The third kappa shape index (κ3) is 4.01. The first kappa shape index (κ1) is 23.4. The smallest absolute Gasteiger partial charge is 0.312 e. The van der Waals surface area contributed by atoms with Crippen molar-refractivity contribution >= 4 is 38.3 Å². The molecule has 0 atom stereocenters. The number of para-hydroxylation sites is 1. The van der Waals surface area contributed by atoms with E-state index in [-0.39, 0.29) is 36.8 Å². The molecule has 0 unspecified atom stereocenters. The highest BCUT2D eigenvalue weighted by Gasteiger charge is 2.34. The summed E-state index contributed by atoms with van der Waals surface area (Å²) < 4.78 is 32.1. The number of ether oxygens (including phenoxy) is 1. The Labute approximate surface area is 195 Å². The van der Waals surface area contributed by atoms with Gasteiger partial charge in [-0.3, -0.25) is 19.7 Å². The van der Waals surface area contributed by atoms with Gasteiger partial charge in [0.2, 0.25) is 10.0 Å². The third-order valence-corrected chi connectivity index (χ3v) is 7.72. The predicted octanol–water partition coefficient (Wildman–Crippen LogP) is 2.11. The molecular weight excluding hydrogens is 464 g/mol. The topological polar surface area (TPSA) is 143 Å². The average Bonchev–Trinajstić information content (AvgIpc) is 3.18. The Kier molecular flexibility index (Phi) is 6.11. The molecule has 11 nitrogen and oxygen atoms in total. The maximum absolute atomic E-state index is 13.0. The van der Waals surface area contributed by atoms with Crippen LogP contribution in [-0.2, 0) is 14.8 Å². The minimum Gasteiger partial charge on any atom is -0.490 e. The number of Topliss-reactive ketones (excluding diaryl/α,β-unsaturated/α-hetero) is 1. The van der Waals surface area contributed by atoms with Gasteiger partial charge in [0, 0.05) is 48.8 Å². The Bertz CT molecular complexity index is 1410. The van der Waals surface area contributed by atoms with Crippen molar-refractivity contribution in [1.82, 2.24) is 14.2 Å². The Morgan fingerprint density at radius 3 is 2.41 bits per heavy atom. The van der Waals surface area contributed by atoms with Crippen molar-refractivity contribution in [3.8, 4) is 5.75 Å². The molecule has 0 bridgehead atoms. The standard InChI is InChI=1S/C22H22N4O7S/c1-14-20(16-5-3-4-6-17(16)23-14)21(27)22(28)24-9-11-25(12-10-24)34(31,32)15-7-8-19(33-2)18(13-15)26(29)30/h3-8,13,23H,9-12H2,1-2H3. The minimum atomic E-state index is -4.05. The van der Waals surface area contributed by atoms with Crippen molar-refractivity contribution < 1.29 is 27.7 Å². The SMILES string of the molecule is COc1ccc(S(=O)(=O)N2CCN(C(=O)C(=O)c3c(C)[nH]c4ccccc34)CC2)cc1[N+](=O)[O-]. The first-order chi connectivity index (χ1) is 16.1. The second-order valence-corrected chi connectivity index (χ2v) is 9.72. The van der Waals surface area contributed by atoms with E-state index in [2.05, 4.69) is 4.98 Å². The van der Waals surface area contributed by atoms with Crippen molar-refractivity contribution in [2.45, 2.75) is 11.8 Å². The van der Waals surface area contributed by atoms with Gasteiger partial charge in [0.05, 0.1) is 22.5 Å². The summed E-state index contributed by atoms with van der Waals surface area (Å²) in [6.45, 7) is 1.66. The molecule has 12 heteroatoms. The molecule has 1 aliphatic heterocycles. The fourth-order valence-corrected chi connectivity index (χ4v) is 5.52. The largest absolute Gasteiger partial charge is 0.490 e. The number of methoxy groups -OCH3 is 1. The molecule has 2 aromatic carbocycles. The van der Waals surface area contributed by atoms with Gasteiger partial charge in [-0.2, -0.15) is 4.31 Å². The molecule has 1 aliphatic rings. The molecule has 2 heterocycles. The summed E-state index contributed by atoms with van der Waals surface area (Å²) in [6, 6.07) is 10.6. The summed E-state index contributed by atoms with van der Waals surface area (Å²) in [5.74, 6) is -1.41. The quantitative estimate of drug-likeness (QED) is 0.243. The zero-order chi connectivity index (χ0) is 24.6. The number of nitro groups is 1. The number of benzene rings is 2. The first-order valence-electron chi connectivity index (χ1n) is 10.4. The number of H-pyrrole nitrogens is 1. The molecule has 1 N–H and O–H groups in total. The number of sulfonamides is 1.